The van der Waals surface area contributed by atoms with E-state index in [0.29, 0.717) is 62.8 Å². The molecule has 0 aromatic heterocycles. The summed E-state index contributed by atoms with van der Waals surface area (Å²) in [5.74, 6) is 1.99. The monoisotopic (exact) mass is 487 g/mol. The van der Waals surface area contributed by atoms with Gasteiger partial charge in [-0.05, 0) is 46.7 Å². The first-order valence-electron chi connectivity index (χ1n) is 12.4. The summed E-state index contributed by atoms with van der Waals surface area (Å²) in [6.07, 6.45) is 2.57. The first-order chi connectivity index (χ1) is 17.0. The second-order valence-electron chi connectivity index (χ2n) is 8.78. The third-order valence-corrected chi connectivity index (χ3v) is 5.30. The lowest BCUT2D eigenvalue weighted by molar-refractivity contribution is 0.0690. The first-order valence-corrected chi connectivity index (χ1v) is 12.4. The molecule has 0 heterocycles. The Bertz CT molecular complexity index is 871. The van der Waals surface area contributed by atoms with Gasteiger partial charge in [0.1, 0.15) is 6.61 Å². The summed E-state index contributed by atoms with van der Waals surface area (Å²) in [7, 11) is 0. The first kappa shape index (κ1) is 28.8. The summed E-state index contributed by atoms with van der Waals surface area (Å²) in [4.78, 5) is 4.90. The lowest BCUT2D eigenvalue weighted by Gasteiger charge is -2.16. The third-order valence-electron chi connectivity index (χ3n) is 5.30. The van der Waals surface area contributed by atoms with E-state index in [1.165, 1.54) is 11.1 Å². The number of rotatable bonds is 17. The summed E-state index contributed by atoms with van der Waals surface area (Å²) >= 11 is 0. The van der Waals surface area contributed by atoms with Crippen LogP contribution in [-0.2, 0) is 9.47 Å². The number of aliphatic hydroxyl groups excluding tert-OH is 2. The predicted octanol–water partition coefficient (Wildman–Crippen LogP) is 4.85. The van der Waals surface area contributed by atoms with E-state index in [1.807, 2.05) is 24.4 Å². The van der Waals surface area contributed by atoms with Crippen LogP contribution >= 0.6 is 0 Å². The normalized spacial score (nSPS) is 11.7. The Kier molecular flexibility index (Phi) is 13.4. The summed E-state index contributed by atoms with van der Waals surface area (Å²) in [6.45, 7) is 11.0. The Morgan fingerprint density at radius 1 is 0.743 bits per heavy atom. The predicted molar refractivity (Wildman–Crippen MR) is 140 cm³/mol. The van der Waals surface area contributed by atoms with Crippen LogP contribution in [0.2, 0.25) is 0 Å². The average molecular weight is 488 g/mol. The molecule has 0 bridgehead atoms. The molecule has 7 heteroatoms. The molecule has 0 saturated carbocycles. The van der Waals surface area contributed by atoms with Crippen molar-refractivity contribution >= 4 is 11.9 Å². The van der Waals surface area contributed by atoms with Gasteiger partial charge >= 0.3 is 0 Å². The van der Waals surface area contributed by atoms with Crippen LogP contribution in [0.15, 0.2) is 41.4 Å². The van der Waals surface area contributed by atoms with Gasteiger partial charge in [-0.25, -0.2) is 0 Å². The van der Waals surface area contributed by atoms with Crippen LogP contribution in [0.5, 0.6) is 11.5 Å². The van der Waals surface area contributed by atoms with Crippen molar-refractivity contribution < 1.29 is 29.2 Å². The number of aliphatic hydroxyl groups is 2. The van der Waals surface area contributed by atoms with Gasteiger partial charge in [0.2, 0.25) is 0 Å². The van der Waals surface area contributed by atoms with Crippen molar-refractivity contribution in [2.45, 2.75) is 46.0 Å². The molecular formula is C28H41NO6. The standard InChI is InChI=1S/C28H41NO6/c1-21(2)24-7-5-8-25(22(3)4)28(24)29-20-23-9-10-26(34-14-6-13-32-15-11-30)27(19-23)35-18-17-33-16-12-31/h5,7-10,19-22,30-31H,6,11-18H2,1-4H3. The fourth-order valence-electron chi connectivity index (χ4n) is 3.52. The second-order valence-corrected chi connectivity index (χ2v) is 8.78. The van der Waals surface area contributed by atoms with Gasteiger partial charge in [0.25, 0.3) is 0 Å². The molecule has 0 aliphatic heterocycles. The maximum atomic E-state index is 8.87. The fraction of sp³-hybridized carbons (Fsp3) is 0.536. The van der Waals surface area contributed by atoms with Crippen molar-refractivity contribution in [2.75, 3.05) is 52.9 Å². The summed E-state index contributed by atoms with van der Waals surface area (Å²) in [6, 6.07) is 12.2. The van der Waals surface area contributed by atoms with Crippen LogP contribution in [-0.4, -0.2) is 69.3 Å². The van der Waals surface area contributed by atoms with Crippen molar-refractivity contribution in [3.63, 3.8) is 0 Å². The molecule has 2 aromatic rings. The van der Waals surface area contributed by atoms with Crippen LogP contribution in [0.1, 0.15) is 62.6 Å². The molecule has 0 aliphatic carbocycles. The van der Waals surface area contributed by atoms with Gasteiger partial charge in [-0.15, -0.1) is 0 Å². The highest BCUT2D eigenvalue weighted by Crippen LogP contribution is 2.35. The minimum Gasteiger partial charge on any atom is -0.490 e. The third kappa shape index (κ3) is 9.98. The van der Waals surface area contributed by atoms with Gasteiger partial charge in [-0.3, -0.25) is 4.99 Å². The number of benzene rings is 2. The molecule has 7 nitrogen and oxygen atoms in total. The molecule has 0 saturated heterocycles. The van der Waals surface area contributed by atoms with E-state index < -0.39 is 0 Å². The Hall–Kier alpha value is -2.45. The summed E-state index contributed by atoms with van der Waals surface area (Å²) < 4.78 is 22.5. The number of hydrogen-bond acceptors (Lipinski definition) is 7. The summed E-state index contributed by atoms with van der Waals surface area (Å²) in [5.41, 5.74) is 4.39. The molecular weight excluding hydrogens is 446 g/mol. The Morgan fingerprint density at radius 3 is 2.00 bits per heavy atom. The van der Waals surface area contributed by atoms with Crippen LogP contribution < -0.4 is 9.47 Å². The fourth-order valence-corrected chi connectivity index (χ4v) is 3.52. The van der Waals surface area contributed by atoms with E-state index >= 15 is 0 Å². The topological polar surface area (TPSA) is 89.7 Å². The van der Waals surface area contributed by atoms with Gasteiger partial charge in [0.05, 0.1) is 45.3 Å². The molecule has 0 spiro atoms. The zero-order valence-electron chi connectivity index (χ0n) is 21.5. The molecule has 2 N–H and O–H groups in total. The van der Waals surface area contributed by atoms with Gasteiger partial charge in [-0.2, -0.15) is 0 Å². The van der Waals surface area contributed by atoms with Crippen LogP contribution in [0.25, 0.3) is 0 Å². The highest BCUT2D eigenvalue weighted by molar-refractivity contribution is 5.84. The molecule has 194 valence electrons. The van der Waals surface area contributed by atoms with E-state index in [-0.39, 0.29) is 19.8 Å². The van der Waals surface area contributed by atoms with Crippen molar-refractivity contribution in [1.29, 1.82) is 0 Å². The van der Waals surface area contributed by atoms with Crippen LogP contribution in [0.3, 0.4) is 0 Å². The summed E-state index contributed by atoms with van der Waals surface area (Å²) in [5, 5.41) is 17.7. The largest absolute Gasteiger partial charge is 0.490 e. The van der Waals surface area contributed by atoms with Gasteiger partial charge in [0, 0.05) is 19.2 Å². The Morgan fingerprint density at radius 2 is 1.37 bits per heavy atom. The van der Waals surface area contributed by atoms with Gasteiger partial charge in [-0.1, -0.05) is 45.9 Å². The minimum atomic E-state index is -0.0190. The zero-order chi connectivity index (χ0) is 25.5. The number of ether oxygens (including phenoxy) is 4. The quantitative estimate of drug-likeness (QED) is 0.245. The second kappa shape index (κ2) is 16.3. The van der Waals surface area contributed by atoms with E-state index in [4.69, 9.17) is 34.2 Å². The molecule has 0 unspecified atom stereocenters. The number of para-hydroxylation sites is 1. The van der Waals surface area contributed by atoms with E-state index in [2.05, 4.69) is 45.9 Å². The van der Waals surface area contributed by atoms with E-state index in [1.54, 1.807) is 0 Å². The molecule has 2 rings (SSSR count). The van der Waals surface area contributed by atoms with Crippen LogP contribution in [0, 0.1) is 0 Å². The number of aliphatic imine (C=N–C) groups is 1. The van der Waals surface area contributed by atoms with Crippen molar-refractivity contribution in [3.8, 4) is 11.5 Å². The molecule has 0 radical (unpaired) electrons. The molecule has 0 atom stereocenters. The molecule has 0 aliphatic rings. The highest BCUT2D eigenvalue weighted by atomic mass is 16.5. The molecule has 0 fully saturated rings. The maximum Gasteiger partial charge on any atom is 0.161 e. The number of nitrogens with zero attached hydrogens (tertiary/aromatic N) is 1. The van der Waals surface area contributed by atoms with Crippen molar-refractivity contribution in [3.05, 3.63) is 53.1 Å². The van der Waals surface area contributed by atoms with Crippen molar-refractivity contribution in [1.82, 2.24) is 0 Å². The molecule has 35 heavy (non-hydrogen) atoms. The Balaban J connectivity index is 2.20. The lowest BCUT2D eigenvalue weighted by atomic mass is 9.93. The number of hydrogen-bond donors (Lipinski definition) is 2. The SMILES string of the molecule is CC(C)c1cccc(C(C)C)c1N=Cc1ccc(OCCCOCCO)c(OCCOCCO)c1. The maximum absolute atomic E-state index is 8.87. The smallest absolute Gasteiger partial charge is 0.161 e. The van der Waals surface area contributed by atoms with Crippen LogP contribution in [0.4, 0.5) is 5.69 Å². The Labute approximate surface area is 209 Å². The van der Waals surface area contributed by atoms with Crippen molar-refractivity contribution in [2.24, 2.45) is 4.99 Å². The molecule has 2 aromatic carbocycles. The average Bonchev–Trinajstić information content (AvgIpc) is 2.85. The van der Waals surface area contributed by atoms with Gasteiger partial charge < -0.3 is 29.2 Å². The van der Waals surface area contributed by atoms with Gasteiger partial charge in [0.15, 0.2) is 11.5 Å². The van der Waals surface area contributed by atoms with E-state index in [0.717, 1.165) is 11.3 Å². The minimum absolute atomic E-state index is 0.0144. The lowest BCUT2D eigenvalue weighted by Crippen LogP contribution is -2.10. The van der Waals surface area contributed by atoms with E-state index in [9.17, 15) is 0 Å². The zero-order valence-corrected chi connectivity index (χ0v) is 21.5. The molecule has 0 amide bonds. The highest BCUT2D eigenvalue weighted by Gasteiger charge is 2.13.